The number of sulfonamides is 1. The molecule has 4 rings (SSSR count). The molecule has 27 heavy (non-hydrogen) atoms. The van der Waals surface area contributed by atoms with Crippen LogP contribution in [0.5, 0.6) is 5.75 Å². The number of hydrogen-bond acceptors (Lipinski definition) is 5. The monoisotopic (exact) mass is 402 g/mol. The van der Waals surface area contributed by atoms with Crippen LogP contribution in [0, 0.1) is 0 Å². The lowest BCUT2D eigenvalue weighted by Gasteiger charge is -2.29. The van der Waals surface area contributed by atoms with Gasteiger partial charge in [0.05, 0.1) is 29.1 Å². The largest absolute Gasteiger partial charge is 0.490 e. The second kappa shape index (κ2) is 6.54. The van der Waals surface area contributed by atoms with E-state index in [0.717, 1.165) is 22.0 Å². The second-order valence-corrected chi connectivity index (χ2v) is 9.43. The molecule has 3 aromatic rings. The quantitative estimate of drug-likeness (QED) is 0.674. The van der Waals surface area contributed by atoms with Crippen molar-refractivity contribution >= 4 is 48.7 Å². The van der Waals surface area contributed by atoms with Gasteiger partial charge in [-0.1, -0.05) is 12.1 Å². The summed E-state index contributed by atoms with van der Waals surface area (Å²) < 4.78 is 31.3. The fourth-order valence-corrected chi connectivity index (χ4v) is 4.53. The molecule has 0 aliphatic carbocycles. The van der Waals surface area contributed by atoms with Crippen LogP contribution >= 0.6 is 11.3 Å². The van der Waals surface area contributed by atoms with E-state index in [4.69, 9.17) is 4.74 Å². The topological polar surface area (TPSA) is 66.9 Å². The molecule has 1 aromatic heterocycles. The molecule has 0 unspecified atom stereocenters. The van der Waals surface area contributed by atoms with Gasteiger partial charge in [-0.05, 0) is 41.8 Å². The van der Waals surface area contributed by atoms with Gasteiger partial charge >= 0.3 is 0 Å². The zero-order chi connectivity index (χ0) is 19.2. The lowest BCUT2D eigenvalue weighted by molar-refractivity contribution is 0.0980. The Kier molecular flexibility index (Phi) is 4.32. The highest BCUT2D eigenvalue weighted by Gasteiger charge is 2.25. The average Bonchev–Trinajstić information content (AvgIpc) is 3.09. The van der Waals surface area contributed by atoms with Gasteiger partial charge in [0.2, 0.25) is 10.0 Å². The second-order valence-electron chi connectivity index (χ2n) is 6.34. The molecule has 0 atom stereocenters. The Morgan fingerprint density at radius 1 is 1.19 bits per heavy atom. The van der Waals surface area contributed by atoms with Gasteiger partial charge in [0.15, 0.2) is 0 Å². The Morgan fingerprint density at radius 2 is 1.96 bits per heavy atom. The van der Waals surface area contributed by atoms with E-state index in [2.05, 4.69) is 0 Å². The molecule has 6 nitrogen and oxygen atoms in total. The summed E-state index contributed by atoms with van der Waals surface area (Å²) in [5.74, 6) is 0.625. The summed E-state index contributed by atoms with van der Waals surface area (Å²) in [6, 6.07) is 14.7. The minimum atomic E-state index is -3.34. The van der Waals surface area contributed by atoms with E-state index in [1.807, 2.05) is 36.4 Å². The minimum Gasteiger partial charge on any atom is -0.490 e. The number of carbonyl (C=O) groups excluding carboxylic acids is 1. The van der Waals surface area contributed by atoms with E-state index in [9.17, 15) is 13.2 Å². The third kappa shape index (κ3) is 3.26. The molecule has 0 spiro atoms. The van der Waals surface area contributed by atoms with E-state index >= 15 is 0 Å². The van der Waals surface area contributed by atoms with Gasteiger partial charge in [-0.3, -0.25) is 9.10 Å². The van der Waals surface area contributed by atoms with Crippen molar-refractivity contribution < 1.29 is 17.9 Å². The zero-order valence-corrected chi connectivity index (χ0v) is 16.5. The van der Waals surface area contributed by atoms with Crippen LogP contribution in [0.1, 0.15) is 9.67 Å². The van der Waals surface area contributed by atoms with Crippen molar-refractivity contribution in [3.63, 3.8) is 0 Å². The van der Waals surface area contributed by atoms with Gasteiger partial charge in [-0.25, -0.2) is 8.42 Å². The summed E-state index contributed by atoms with van der Waals surface area (Å²) in [5.41, 5.74) is 1.34. The lowest BCUT2D eigenvalue weighted by Crippen LogP contribution is -2.37. The maximum atomic E-state index is 13.1. The first-order chi connectivity index (χ1) is 12.8. The van der Waals surface area contributed by atoms with Crippen LogP contribution in [0.3, 0.4) is 0 Å². The number of rotatable bonds is 3. The third-order valence-corrected chi connectivity index (χ3v) is 6.86. The lowest BCUT2D eigenvalue weighted by atomic mass is 10.2. The maximum Gasteiger partial charge on any atom is 0.268 e. The summed E-state index contributed by atoms with van der Waals surface area (Å²) in [7, 11) is -1.82. The SMILES string of the molecule is CN(c1ccc2sc(C(=O)N3CCOc4ccccc43)cc2c1)S(C)(=O)=O. The molecule has 1 aliphatic rings. The highest BCUT2D eigenvalue weighted by atomic mass is 32.2. The van der Waals surface area contributed by atoms with Crippen LogP contribution in [0.15, 0.2) is 48.5 Å². The predicted octanol–water partition coefficient (Wildman–Crippen LogP) is 3.34. The van der Waals surface area contributed by atoms with Crippen LogP contribution in [0.2, 0.25) is 0 Å². The Balaban J connectivity index is 1.70. The number of para-hydroxylation sites is 2. The van der Waals surface area contributed by atoms with Gasteiger partial charge < -0.3 is 9.64 Å². The summed E-state index contributed by atoms with van der Waals surface area (Å²) in [6.45, 7) is 0.948. The summed E-state index contributed by atoms with van der Waals surface area (Å²) in [6.07, 6.45) is 1.16. The van der Waals surface area contributed by atoms with E-state index in [0.29, 0.717) is 29.5 Å². The molecule has 1 aliphatic heterocycles. The number of benzene rings is 2. The molecular formula is C19H18N2O4S2. The highest BCUT2D eigenvalue weighted by molar-refractivity contribution is 7.92. The Bertz CT molecular complexity index is 1140. The molecule has 0 saturated carbocycles. The number of ether oxygens (including phenoxy) is 1. The van der Waals surface area contributed by atoms with Gasteiger partial charge in [-0.15, -0.1) is 11.3 Å². The number of amides is 1. The summed E-state index contributed by atoms with van der Waals surface area (Å²) in [5, 5.41) is 0.845. The van der Waals surface area contributed by atoms with Crippen molar-refractivity contribution in [1.29, 1.82) is 0 Å². The van der Waals surface area contributed by atoms with Crippen LogP contribution in [-0.2, 0) is 10.0 Å². The molecule has 2 aromatic carbocycles. The van der Waals surface area contributed by atoms with Gasteiger partial charge in [0, 0.05) is 11.7 Å². The van der Waals surface area contributed by atoms with E-state index in [-0.39, 0.29) is 5.91 Å². The average molecular weight is 402 g/mol. The molecule has 0 fully saturated rings. The van der Waals surface area contributed by atoms with E-state index < -0.39 is 10.0 Å². The van der Waals surface area contributed by atoms with Gasteiger partial charge in [0.1, 0.15) is 12.4 Å². The fraction of sp³-hybridized carbons (Fsp3) is 0.211. The maximum absolute atomic E-state index is 13.1. The molecule has 8 heteroatoms. The van der Waals surface area contributed by atoms with Crippen molar-refractivity contribution in [2.24, 2.45) is 0 Å². The molecular weight excluding hydrogens is 384 g/mol. The molecule has 0 saturated heterocycles. The summed E-state index contributed by atoms with van der Waals surface area (Å²) >= 11 is 1.40. The smallest absolute Gasteiger partial charge is 0.268 e. The molecule has 0 bridgehead atoms. The molecule has 0 radical (unpaired) electrons. The number of thiophene rings is 1. The summed E-state index contributed by atoms with van der Waals surface area (Å²) in [4.78, 5) is 15.4. The third-order valence-electron chi connectivity index (χ3n) is 4.55. The fourth-order valence-electron chi connectivity index (χ4n) is 3.04. The first kappa shape index (κ1) is 17.8. The first-order valence-corrected chi connectivity index (χ1v) is 11.0. The number of anilines is 2. The molecule has 1 amide bonds. The molecule has 140 valence electrons. The Labute approximate surface area is 161 Å². The minimum absolute atomic E-state index is 0.0787. The van der Waals surface area contributed by atoms with Crippen LogP contribution in [0.25, 0.3) is 10.1 Å². The number of carbonyl (C=O) groups is 1. The highest BCUT2D eigenvalue weighted by Crippen LogP contribution is 2.35. The molecule has 0 N–H and O–H groups in total. The normalized spacial score (nSPS) is 13.9. The van der Waals surface area contributed by atoms with Crippen molar-refractivity contribution in [2.45, 2.75) is 0 Å². The molecule has 2 heterocycles. The van der Waals surface area contributed by atoms with Crippen molar-refractivity contribution in [1.82, 2.24) is 0 Å². The van der Waals surface area contributed by atoms with Crippen molar-refractivity contribution in [3.8, 4) is 5.75 Å². The zero-order valence-electron chi connectivity index (χ0n) is 14.9. The number of hydrogen-bond donors (Lipinski definition) is 0. The van der Waals surface area contributed by atoms with Crippen LogP contribution in [0.4, 0.5) is 11.4 Å². The van der Waals surface area contributed by atoms with E-state index in [1.54, 1.807) is 17.0 Å². The Morgan fingerprint density at radius 3 is 2.74 bits per heavy atom. The van der Waals surface area contributed by atoms with Crippen molar-refractivity contribution in [2.75, 3.05) is 35.7 Å². The standard InChI is InChI=1S/C19H18N2O4S2/c1-20(27(2,23)24)14-7-8-17-13(11-14)12-18(26-17)19(22)21-9-10-25-16-6-4-3-5-15(16)21/h3-8,11-12H,9-10H2,1-2H3. The van der Waals surface area contributed by atoms with Crippen LogP contribution < -0.4 is 13.9 Å². The van der Waals surface area contributed by atoms with E-state index in [1.165, 1.54) is 22.7 Å². The van der Waals surface area contributed by atoms with Gasteiger partial charge in [-0.2, -0.15) is 0 Å². The number of nitrogens with zero attached hydrogens (tertiary/aromatic N) is 2. The van der Waals surface area contributed by atoms with Gasteiger partial charge in [0.25, 0.3) is 5.91 Å². The Hall–Kier alpha value is -2.58. The first-order valence-electron chi connectivity index (χ1n) is 8.36. The van der Waals surface area contributed by atoms with Crippen molar-refractivity contribution in [3.05, 3.63) is 53.4 Å². The van der Waals surface area contributed by atoms with Crippen LogP contribution in [-0.4, -0.2) is 40.8 Å². The predicted molar refractivity (Wildman–Crippen MR) is 109 cm³/mol. The number of fused-ring (bicyclic) bond motifs is 2.